The second-order valence-electron chi connectivity index (χ2n) is 5.32. The van der Waals surface area contributed by atoms with Crippen molar-refractivity contribution in [2.24, 2.45) is 5.92 Å². The number of hydrogen-bond donors (Lipinski definition) is 2. The van der Waals surface area contributed by atoms with Crippen molar-refractivity contribution in [2.75, 3.05) is 39.5 Å². The van der Waals surface area contributed by atoms with Crippen molar-refractivity contribution in [1.29, 1.82) is 0 Å². The maximum Gasteiger partial charge on any atom is 0.119 e. The normalized spacial score (nSPS) is 18.9. The van der Waals surface area contributed by atoms with Crippen LogP contribution in [0.2, 0.25) is 0 Å². The van der Waals surface area contributed by atoms with Gasteiger partial charge >= 0.3 is 0 Å². The van der Waals surface area contributed by atoms with Crippen LogP contribution in [0, 0.1) is 17.8 Å². The van der Waals surface area contributed by atoms with E-state index in [0.717, 1.165) is 43.8 Å². The van der Waals surface area contributed by atoms with Gasteiger partial charge in [-0.3, -0.25) is 4.90 Å². The minimum Gasteiger partial charge on any atom is -0.492 e. The Morgan fingerprint density at radius 3 is 2.76 bits per heavy atom. The third-order valence-electron chi connectivity index (χ3n) is 3.70. The third kappa shape index (κ3) is 5.39. The van der Waals surface area contributed by atoms with Gasteiger partial charge in [0, 0.05) is 25.3 Å². The molecule has 1 aromatic rings. The highest BCUT2D eigenvalue weighted by Gasteiger charge is 2.18. The van der Waals surface area contributed by atoms with Gasteiger partial charge in [-0.25, -0.2) is 0 Å². The van der Waals surface area contributed by atoms with Crippen LogP contribution in [-0.4, -0.2) is 54.6 Å². The standard InChI is InChI=1S/C17H23NO3/c19-11-2-4-15-5-7-17(8-6-15)21-12-10-18-9-1-3-16(13-18)14-20/h5-8,16,19-20H,1,3,9-14H2. The van der Waals surface area contributed by atoms with Gasteiger partial charge in [0.1, 0.15) is 19.0 Å². The summed E-state index contributed by atoms with van der Waals surface area (Å²) in [7, 11) is 0. The zero-order valence-corrected chi connectivity index (χ0v) is 12.3. The molecule has 1 unspecified atom stereocenters. The molecule has 1 aromatic carbocycles. The molecule has 0 saturated carbocycles. The molecule has 21 heavy (non-hydrogen) atoms. The number of hydrogen-bond acceptors (Lipinski definition) is 4. The molecule has 1 aliphatic rings. The summed E-state index contributed by atoms with van der Waals surface area (Å²) in [4.78, 5) is 2.35. The van der Waals surface area contributed by atoms with E-state index in [-0.39, 0.29) is 13.2 Å². The number of likely N-dealkylation sites (tertiary alicyclic amines) is 1. The smallest absolute Gasteiger partial charge is 0.119 e. The fourth-order valence-electron chi connectivity index (χ4n) is 2.57. The quantitative estimate of drug-likeness (QED) is 0.798. The lowest BCUT2D eigenvalue weighted by molar-refractivity contribution is 0.107. The van der Waals surface area contributed by atoms with Crippen molar-refractivity contribution < 1.29 is 14.9 Å². The number of ether oxygens (including phenoxy) is 1. The summed E-state index contributed by atoms with van der Waals surface area (Å²) < 4.78 is 5.74. The van der Waals surface area contributed by atoms with Crippen molar-refractivity contribution in [3.05, 3.63) is 29.8 Å². The Balaban J connectivity index is 1.73. The third-order valence-corrected chi connectivity index (χ3v) is 3.70. The summed E-state index contributed by atoms with van der Waals surface area (Å²) in [5, 5.41) is 17.9. The van der Waals surface area contributed by atoms with Crippen molar-refractivity contribution in [1.82, 2.24) is 4.90 Å². The molecule has 4 nitrogen and oxygen atoms in total. The Labute approximate surface area is 126 Å². The number of rotatable bonds is 5. The van der Waals surface area contributed by atoms with Crippen LogP contribution in [0.15, 0.2) is 24.3 Å². The fraction of sp³-hybridized carbons (Fsp3) is 0.529. The van der Waals surface area contributed by atoms with Crippen molar-refractivity contribution in [2.45, 2.75) is 12.8 Å². The van der Waals surface area contributed by atoms with E-state index in [2.05, 4.69) is 16.7 Å². The van der Waals surface area contributed by atoms with Gasteiger partial charge in [0.05, 0.1) is 0 Å². The van der Waals surface area contributed by atoms with E-state index in [9.17, 15) is 5.11 Å². The molecule has 0 radical (unpaired) electrons. The van der Waals surface area contributed by atoms with Gasteiger partial charge in [-0.15, -0.1) is 0 Å². The average Bonchev–Trinajstić information content (AvgIpc) is 2.54. The number of piperidine rings is 1. The van der Waals surface area contributed by atoms with E-state index < -0.39 is 0 Å². The molecule has 1 saturated heterocycles. The molecule has 1 fully saturated rings. The minimum atomic E-state index is -0.122. The first-order valence-electron chi connectivity index (χ1n) is 7.47. The van der Waals surface area contributed by atoms with Gasteiger partial charge in [0.25, 0.3) is 0 Å². The van der Waals surface area contributed by atoms with Gasteiger partial charge < -0.3 is 14.9 Å². The molecule has 1 aliphatic heterocycles. The number of aliphatic hydroxyl groups excluding tert-OH is 2. The highest BCUT2D eigenvalue weighted by Crippen LogP contribution is 2.16. The Bertz CT molecular complexity index is 475. The summed E-state index contributed by atoms with van der Waals surface area (Å²) in [6.07, 6.45) is 2.29. The van der Waals surface area contributed by atoms with Crippen LogP contribution < -0.4 is 4.74 Å². The van der Waals surface area contributed by atoms with Crippen molar-refractivity contribution >= 4 is 0 Å². The molecule has 0 spiro atoms. The molecular weight excluding hydrogens is 266 g/mol. The highest BCUT2D eigenvalue weighted by atomic mass is 16.5. The first-order chi connectivity index (χ1) is 10.3. The van der Waals surface area contributed by atoms with E-state index in [4.69, 9.17) is 9.84 Å². The molecule has 0 aliphatic carbocycles. The Hall–Kier alpha value is -1.54. The molecule has 0 amide bonds. The highest BCUT2D eigenvalue weighted by molar-refractivity contribution is 5.38. The lowest BCUT2D eigenvalue weighted by Crippen LogP contribution is -2.39. The van der Waals surface area contributed by atoms with E-state index in [0.29, 0.717) is 12.5 Å². The summed E-state index contributed by atoms with van der Waals surface area (Å²) >= 11 is 0. The monoisotopic (exact) mass is 289 g/mol. The van der Waals surface area contributed by atoms with Crippen LogP contribution in [-0.2, 0) is 0 Å². The predicted molar refractivity (Wildman–Crippen MR) is 82.2 cm³/mol. The second kappa shape index (κ2) is 8.68. The van der Waals surface area contributed by atoms with Gasteiger partial charge in [-0.05, 0) is 49.6 Å². The van der Waals surface area contributed by atoms with E-state index in [1.165, 1.54) is 0 Å². The number of aliphatic hydroxyl groups is 2. The van der Waals surface area contributed by atoms with Gasteiger partial charge in [0.2, 0.25) is 0 Å². The zero-order valence-electron chi connectivity index (χ0n) is 12.3. The van der Waals surface area contributed by atoms with E-state index >= 15 is 0 Å². The molecule has 0 aromatic heterocycles. The maximum atomic E-state index is 9.22. The topological polar surface area (TPSA) is 52.9 Å². The van der Waals surface area contributed by atoms with Crippen molar-refractivity contribution in [3.63, 3.8) is 0 Å². The summed E-state index contributed by atoms with van der Waals surface area (Å²) in [5.74, 6) is 6.72. The van der Waals surface area contributed by atoms with E-state index in [1.807, 2.05) is 24.3 Å². The Morgan fingerprint density at radius 2 is 2.05 bits per heavy atom. The second-order valence-corrected chi connectivity index (χ2v) is 5.32. The van der Waals surface area contributed by atoms with Crippen LogP contribution in [0.25, 0.3) is 0 Å². The molecule has 0 bridgehead atoms. The zero-order chi connectivity index (χ0) is 14.9. The molecule has 4 heteroatoms. The molecule has 1 heterocycles. The summed E-state index contributed by atoms with van der Waals surface area (Å²) in [6.45, 7) is 3.77. The Kier molecular flexibility index (Phi) is 6.55. The van der Waals surface area contributed by atoms with Crippen molar-refractivity contribution in [3.8, 4) is 17.6 Å². The van der Waals surface area contributed by atoms with Crippen LogP contribution in [0.1, 0.15) is 18.4 Å². The SMILES string of the molecule is OCC#Cc1ccc(OCCN2CCCC(CO)C2)cc1. The van der Waals surface area contributed by atoms with Crippen LogP contribution >= 0.6 is 0 Å². The first kappa shape index (κ1) is 15.8. The number of benzene rings is 1. The molecule has 2 N–H and O–H groups in total. The number of nitrogens with zero attached hydrogens (tertiary/aromatic N) is 1. The molecule has 2 rings (SSSR count). The fourth-order valence-corrected chi connectivity index (χ4v) is 2.57. The summed E-state index contributed by atoms with van der Waals surface area (Å²) in [6, 6.07) is 7.57. The van der Waals surface area contributed by atoms with Crippen LogP contribution in [0.3, 0.4) is 0 Å². The van der Waals surface area contributed by atoms with Gasteiger partial charge in [-0.1, -0.05) is 11.8 Å². The largest absolute Gasteiger partial charge is 0.492 e. The molecule has 114 valence electrons. The summed E-state index contributed by atoms with van der Waals surface area (Å²) in [5.41, 5.74) is 0.873. The van der Waals surface area contributed by atoms with Gasteiger partial charge in [0.15, 0.2) is 0 Å². The minimum absolute atomic E-state index is 0.122. The molecule has 1 atom stereocenters. The average molecular weight is 289 g/mol. The predicted octanol–water partition coefficient (Wildman–Crippen LogP) is 1.11. The lowest BCUT2D eigenvalue weighted by Gasteiger charge is -2.31. The lowest BCUT2D eigenvalue weighted by atomic mass is 9.99. The molecular formula is C17H23NO3. The maximum absolute atomic E-state index is 9.22. The Morgan fingerprint density at radius 1 is 1.24 bits per heavy atom. The van der Waals surface area contributed by atoms with Crippen LogP contribution in [0.5, 0.6) is 5.75 Å². The van der Waals surface area contributed by atoms with Crippen LogP contribution in [0.4, 0.5) is 0 Å². The van der Waals surface area contributed by atoms with E-state index in [1.54, 1.807) is 0 Å². The van der Waals surface area contributed by atoms with Gasteiger partial charge in [-0.2, -0.15) is 0 Å². The first-order valence-corrected chi connectivity index (χ1v) is 7.47.